The third kappa shape index (κ3) is 4.58. The monoisotopic (exact) mass is 295 g/mol. The number of pyridine rings is 1. The Kier molecular flexibility index (Phi) is 4.65. The molecular formula is C15H22FN3O2. The highest BCUT2D eigenvalue weighted by molar-refractivity contribution is 5.68. The van der Waals surface area contributed by atoms with Crippen molar-refractivity contribution in [1.82, 2.24) is 9.88 Å². The number of anilines is 1. The van der Waals surface area contributed by atoms with E-state index in [1.807, 2.05) is 25.7 Å². The van der Waals surface area contributed by atoms with Crippen molar-refractivity contribution in [1.29, 1.82) is 0 Å². The van der Waals surface area contributed by atoms with E-state index in [1.165, 1.54) is 6.07 Å². The molecule has 2 heterocycles. The summed E-state index contributed by atoms with van der Waals surface area (Å²) in [5.41, 5.74) is -0.493. The van der Waals surface area contributed by atoms with Gasteiger partial charge in [0.25, 0.3) is 0 Å². The Labute approximate surface area is 124 Å². The molecule has 6 heteroatoms. The molecule has 1 aliphatic heterocycles. The van der Waals surface area contributed by atoms with Crippen LogP contribution < -0.4 is 4.90 Å². The fourth-order valence-electron chi connectivity index (χ4n) is 2.23. The lowest BCUT2D eigenvalue weighted by molar-refractivity contribution is 0.0263. The Morgan fingerprint density at radius 1 is 1.24 bits per heavy atom. The largest absolute Gasteiger partial charge is 0.444 e. The number of nitrogens with zero attached hydrogens (tertiary/aromatic N) is 3. The van der Waals surface area contributed by atoms with Gasteiger partial charge in [0.2, 0.25) is 5.95 Å². The van der Waals surface area contributed by atoms with Gasteiger partial charge in [-0.15, -0.1) is 0 Å². The molecule has 0 atom stereocenters. The molecule has 0 bridgehead atoms. The van der Waals surface area contributed by atoms with E-state index in [4.69, 9.17) is 4.74 Å². The van der Waals surface area contributed by atoms with E-state index < -0.39 is 11.5 Å². The summed E-state index contributed by atoms with van der Waals surface area (Å²) in [4.78, 5) is 19.7. The fraction of sp³-hybridized carbons (Fsp3) is 0.600. The van der Waals surface area contributed by atoms with Gasteiger partial charge < -0.3 is 14.5 Å². The van der Waals surface area contributed by atoms with Crippen LogP contribution in [0.3, 0.4) is 0 Å². The minimum absolute atomic E-state index is 0.295. The van der Waals surface area contributed by atoms with Gasteiger partial charge in [-0.05, 0) is 39.3 Å². The van der Waals surface area contributed by atoms with Crippen molar-refractivity contribution in [3.63, 3.8) is 0 Å². The molecule has 1 amide bonds. The van der Waals surface area contributed by atoms with E-state index in [0.717, 1.165) is 13.0 Å². The zero-order valence-corrected chi connectivity index (χ0v) is 12.8. The molecule has 1 aromatic rings. The molecule has 21 heavy (non-hydrogen) atoms. The van der Waals surface area contributed by atoms with E-state index in [2.05, 4.69) is 4.98 Å². The third-order valence-corrected chi connectivity index (χ3v) is 3.17. The van der Waals surface area contributed by atoms with Crippen molar-refractivity contribution in [3.8, 4) is 0 Å². The van der Waals surface area contributed by atoms with E-state index in [9.17, 15) is 9.18 Å². The van der Waals surface area contributed by atoms with Crippen LogP contribution >= 0.6 is 0 Å². The van der Waals surface area contributed by atoms with Gasteiger partial charge in [0.1, 0.15) is 11.4 Å². The first kappa shape index (κ1) is 15.5. The zero-order chi connectivity index (χ0) is 15.5. The van der Waals surface area contributed by atoms with E-state index in [0.29, 0.717) is 25.5 Å². The lowest BCUT2D eigenvalue weighted by Gasteiger charge is -2.26. The van der Waals surface area contributed by atoms with Crippen molar-refractivity contribution in [2.24, 2.45) is 0 Å². The van der Waals surface area contributed by atoms with Gasteiger partial charge in [-0.1, -0.05) is 6.07 Å². The smallest absolute Gasteiger partial charge is 0.410 e. The van der Waals surface area contributed by atoms with Crippen molar-refractivity contribution in [2.75, 3.05) is 31.1 Å². The molecule has 2 rings (SSSR count). The quantitative estimate of drug-likeness (QED) is 0.747. The second-order valence-corrected chi connectivity index (χ2v) is 6.13. The number of amides is 1. The van der Waals surface area contributed by atoms with Crippen LogP contribution in [0.4, 0.5) is 15.0 Å². The number of hydrogen-bond acceptors (Lipinski definition) is 4. The van der Waals surface area contributed by atoms with Crippen LogP contribution in [-0.2, 0) is 4.74 Å². The second-order valence-electron chi connectivity index (χ2n) is 6.13. The molecule has 0 N–H and O–H groups in total. The third-order valence-electron chi connectivity index (χ3n) is 3.17. The number of rotatable bonds is 1. The lowest BCUT2D eigenvalue weighted by Crippen LogP contribution is -2.39. The Balaban J connectivity index is 1.97. The minimum atomic E-state index is -0.493. The summed E-state index contributed by atoms with van der Waals surface area (Å²) < 4.78 is 18.6. The van der Waals surface area contributed by atoms with E-state index in [1.54, 1.807) is 17.0 Å². The highest BCUT2D eigenvalue weighted by atomic mass is 19.1. The molecule has 0 aliphatic carbocycles. The number of hydrogen-bond donors (Lipinski definition) is 0. The van der Waals surface area contributed by atoms with Gasteiger partial charge >= 0.3 is 6.09 Å². The first-order chi connectivity index (χ1) is 9.85. The Morgan fingerprint density at radius 3 is 2.67 bits per heavy atom. The summed E-state index contributed by atoms with van der Waals surface area (Å²) in [6.07, 6.45) is 0.508. The van der Waals surface area contributed by atoms with Crippen LogP contribution in [-0.4, -0.2) is 47.8 Å². The first-order valence-corrected chi connectivity index (χ1v) is 7.20. The normalized spacial score (nSPS) is 16.6. The van der Waals surface area contributed by atoms with E-state index in [-0.39, 0.29) is 6.09 Å². The number of carbonyl (C=O) groups is 1. The fourth-order valence-corrected chi connectivity index (χ4v) is 2.23. The first-order valence-electron chi connectivity index (χ1n) is 7.20. The molecular weight excluding hydrogens is 273 g/mol. The van der Waals surface area contributed by atoms with Gasteiger partial charge in [0.05, 0.1) is 0 Å². The Morgan fingerprint density at radius 2 is 2.00 bits per heavy atom. The SMILES string of the molecule is CC(C)(C)OC(=O)N1CCCN(c2cccc(F)n2)CC1. The predicted octanol–water partition coefficient (Wildman–Crippen LogP) is 2.67. The molecule has 1 aliphatic rings. The van der Waals surface area contributed by atoms with Crippen molar-refractivity contribution >= 4 is 11.9 Å². The van der Waals surface area contributed by atoms with Crippen LogP contribution in [0.5, 0.6) is 0 Å². The van der Waals surface area contributed by atoms with Crippen LogP contribution in [0.2, 0.25) is 0 Å². The average Bonchev–Trinajstić information content (AvgIpc) is 2.62. The second kappa shape index (κ2) is 6.28. The Bertz CT molecular complexity index is 502. The molecule has 1 saturated heterocycles. The van der Waals surface area contributed by atoms with Crippen molar-refractivity contribution < 1.29 is 13.9 Å². The summed E-state index contributed by atoms with van der Waals surface area (Å²) in [5, 5.41) is 0. The molecule has 0 spiro atoms. The number of carbonyl (C=O) groups excluding carboxylic acids is 1. The van der Waals surface area contributed by atoms with Gasteiger partial charge in [-0.25, -0.2) is 9.78 Å². The van der Waals surface area contributed by atoms with Crippen LogP contribution in [0.25, 0.3) is 0 Å². The van der Waals surface area contributed by atoms with Crippen LogP contribution in [0, 0.1) is 5.95 Å². The topological polar surface area (TPSA) is 45.7 Å². The zero-order valence-electron chi connectivity index (χ0n) is 12.8. The molecule has 0 radical (unpaired) electrons. The van der Waals surface area contributed by atoms with Crippen molar-refractivity contribution in [2.45, 2.75) is 32.8 Å². The Hall–Kier alpha value is -1.85. The summed E-state index contributed by atoms with van der Waals surface area (Å²) in [6, 6.07) is 4.76. The predicted molar refractivity (Wildman–Crippen MR) is 78.8 cm³/mol. The minimum Gasteiger partial charge on any atom is -0.444 e. The van der Waals surface area contributed by atoms with Gasteiger partial charge in [0.15, 0.2) is 0 Å². The number of ether oxygens (including phenoxy) is 1. The molecule has 5 nitrogen and oxygen atoms in total. The molecule has 1 fully saturated rings. The highest BCUT2D eigenvalue weighted by Gasteiger charge is 2.24. The summed E-state index contributed by atoms with van der Waals surface area (Å²) in [7, 11) is 0. The maximum absolute atomic E-state index is 13.2. The van der Waals surface area contributed by atoms with Crippen LogP contribution in [0.1, 0.15) is 27.2 Å². The standard InChI is InChI=1S/C15H22FN3O2/c1-15(2,3)21-14(20)19-9-5-8-18(10-11-19)13-7-4-6-12(16)17-13/h4,6-7H,5,8-11H2,1-3H3. The number of halogens is 1. The number of aromatic nitrogens is 1. The lowest BCUT2D eigenvalue weighted by atomic mass is 10.2. The molecule has 1 aromatic heterocycles. The van der Waals surface area contributed by atoms with Gasteiger partial charge in [-0.3, -0.25) is 0 Å². The highest BCUT2D eigenvalue weighted by Crippen LogP contribution is 2.16. The van der Waals surface area contributed by atoms with Crippen LogP contribution in [0.15, 0.2) is 18.2 Å². The summed E-state index contributed by atoms with van der Waals surface area (Å²) >= 11 is 0. The summed E-state index contributed by atoms with van der Waals surface area (Å²) in [6.45, 7) is 8.11. The maximum Gasteiger partial charge on any atom is 0.410 e. The average molecular weight is 295 g/mol. The summed E-state index contributed by atoms with van der Waals surface area (Å²) in [5.74, 6) is 0.127. The molecule has 0 aromatic carbocycles. The van der Waals surface area contributed by atoms with Gasteiger partial charge in [0, 0.05) is 26.2 Å². The molecule has 0 unspecified atom stereocenters. The maximum atomic E-state index is 13.2. The molecule has 116 valence electrons. The van der Waals surface area contributed by atoms with E-state index >= 15 is 0 Å². The van der Waals surface area contributed by atoms with Gasteiger partial charge in [-0.2, -0.15) is 4.39 Å². The molecule has 0 saturated carbocycles. The van der Waals surface area contributed by atoms with Crippen molar-refractivity contribution in [3.05, 3.63) is 24.1 Å².